The molecule has 4 aliphatic rings. The molecule has 2 atom stereocenters. The van der Waals surface area contributed by atoms with E-state index >= 15 is 0 Å². The average Bonchev–Trinajstić information content (AvgIpc) is 2.64. The van der Waals surface area contributed by atoms with Crippen LogP contribution in [-0.4, -0.2) is 5.54 Å². The molecule has 154 valence electrons. The van der Waals surface area contributed by atoms with Gasteiger partial charge in [0.2, 0.25) is 0 Å². The molecule has 2 aromatic rings. The Morgan fingerprint density at radius 1 is 0.931 bits per heavy atom. The lowest BCUT2D eigenvalue weighted by molar-refractivity contribution is -0.118. The summed E-state index contributed by atoms with van der Waals surface area (Å²) in [6.07, 6.45) is 8.27. The van der Waals surface area contributed by atoms with E-state index in [1.165, 1.54) is 56.2 Å². The van der Waals surface area contributed by atoms with Crippen LogP contribution < -0.4 is 10.1 Å². The van der Waals surface area contributed by atoms with Crippen LogP contribution >= 0.6 is 0 Å². The summed E-state index contributed by atoms with van der Waals surface area (Å²) in [4.78, 5) is 0. The molecule has 0 spiro atoms. The van der Waals surface area contributed by atoms with Gasteiger partial charge in [0.25, 0.3) is 0 Å². The van der Waals surface area contributed by atoms with E-state index in [2.05, 4.69) is 37.4 Å². The number of halogens is 1. The van der Waals surface area contributed by atoms with Crippen molar-refractivity contribution in [3.05, 3.63) is 65.5 Å². The van der Waals surface area contributed by atoms with E-state index in [9.17, 15) is 4.39 Å². The standard InChI is InChI=1S/C26H32FNO/c1-24-11-21-12-25(2,16-24)18-26(13-21,17-24)28-14-20-4-3-5-23(10-20)29-15-19-6-8-22(27)9-7-19/h3-10,21,28H,11-18H2,1-2H3. The van der Waals surface area contributed by atoms with Gasteiger partial charge >= 0.3 is 0 Å². The van der Waals surface area contributed by atoms with Crippen molar-refractivity contribution < 1.29 is 9.13 Å². The molecular formula is C26H32FNO. The highest BCUT2D eigenvalue weighted by Crippen LogP contribution is 2.66. The maximum absolute atomic E-state index is 13.1. The van der Waals surface area contributed by atoms with Crippen molar-refractivity contribution in [2.45, 2.75) is 71.1 Å². The van der Waals surface area contributed by atoms with Gasteiger partial charge in [-0.2, -0.15) is 0 Å². The number of rotatable bonds is 6. The number of ether oxygens (including phenoxy) is 1. The fourth-order valence-corrected chi connectivity index (χ4v) is 7.43. The van der Waals surface area contributed by atoms with Gasteiger partial charge in [-0.3, -0.25) is 0 Å². The topological polar surface area (TPSA) is 21.3 Å². The largest absolute Gasteiger partial charge is 0.489 e. The molecule has 3 heteroatoms. The zero-order valence-electron chi connectivity index (χ0n) is 17.6. The first-order valence-electron chi connectivity index (χ1n) is 11.0. The second-order valence-corrected chi connectivity index (χ2v) is 10.8. The van der Waals surface area contributed by atoms with Gasteiger partial charge in [-0.15, -0.1) is 0 Å². The molecule has 2 nitrogen and oxygen atoms in total. The highest BCUT2D eigenvalue weighted by Gasteiger charge is 2.59. The predicted octanol–water partition coefficient (Wildman–Crippen LogP) is 6.24. The van der Waals surface area contributed by atoms with Gasteiger partial charge in [-0.1, -0.05) is 38.1 Å². The highest BCUT2D eigenvalue weighted by molar-refractivity contribution is 5.29. The molecule has 2 aromatic carbocycles. The Balaban J connectivity index is 1.24. The van der Waals surface area contributed by atoms with Crippen molar-refractivity contribution >= 4 is 0 Å². The fourth-order valence-electron chi connectivity index (χ4n) is 7.43. The van der Waals surface area contributed by atoms with Gasteiger partial charge in [0, 0.05) is 12.1 Å². The molecular weight excluding hydrogens is 361 g/mol. The van der Waals surface area contributed by atoms with Crippen molar-refractivity contribution in [1.82, 2.24) is 5.32 Å². The van der Waals surface area contributed by atoms with Crippen LogP contribution in [0.1, 0.15) is 63.5 Å². The van der Waals surface area contributed by atoms with Gasteiger partial charge in [0.15, 0.2) is 0 Å². The van der Waals surface area contributed by atoms with E-state index in [1.54, 1.807) is 12.1 Å². The molecule has 0 amide bonds. The van der Waals surface area contributed by atoms with E-state index in [0.29, 0.717) is 23.0 Å². The van der Waals surface area contributed by atoms with E-state index in [-0.39, 0.29) is 5.82 Å². The summed E-state index contributed by atoms with van der Waals surface area (Å²) >= 11 is 0. The second kappa shape index (κ2) is 6.84. The molecule has 0 aromatic heterocycles. The zero-order valence-corrected chi connectivity index (χ0v) is 17.6. The predicted molar refractivity (Wildman–Crippen MR) is 114 cm³/mol. The van der Waals surface area contributed by atoms with E-state index in [0.717, 1.165) is 23.8 Å². The van der Waals surface area contributed by atoms with Crippen LogP contribution in [0.15, 0.2) is 48.5 Å². The van der Waals surface area contributed by atoms with Crippen molar-refractivity contribution in [3.8, 4) is 5.75 Å². The Morgan fingerprint density at radius 3 is 2.34 bits per heavy atom. The monoisotopic (exact) mass is 393 g/mol. The van der Waals surface area contributed by atoms with Crippen molar-refractivity contribution in [1.29, 1.82) is 0 Å². The number of nitrogens with one attached hydrogen (secondary N) is 1. The summed E-state index contributed by atoms with van der Waals surface area (Å²) < 4.78 is 19.0. The molecule has 6 rings (SSSR count). The summed E-state index contributed by atoms with van der Waals surface area (Å²) in [6, 6.07) is 14.9. The Labute approximate surface area is 173 Å². The average molecular weight is 394 g/mol. The van der Waals surface area contributed by atoms with Gasteiger partial charge in [-0.05, 0) is 90.7 Å². The molecule has 4 bridgehead atoms. The molecule has 4 fully saturated rings. The Hall–Kier alpha value is -1.87. The number of hydrogen-bond acceptors (Lipinski definition) is 2. The molecule has 4 aliphatic carbocycles. The SMILES string of the molecule is CC12CC3CC(C)(C1)CC(NCc1cccc(OCc4ccc(F)cc4)c1)(C3)C2. The highest BCUT2D eigenvalue weighted by atomic mass is 19.1. The van der Waals surface area contributed by atoms with Crippen LogP contribution in [0.4, 0.5) is 4.39 Å². The molecule has 0 heterocycles. The lowest BCUT2D eigenvalue weighted by atomic mass is 9.43. The Bertz CT molecular complexity index is 874. The van der Waals surface area contributed by atoms with Gasteiger partial charge in [-0.25, -0.2) is 4.39 Å². The third kappa shape index (κ3) is 3.94. The molecule has 4 saturated carbocycles. The molecule has 0 radical (unpaired) electrons. The maximum Gasteiger partial charge on any atom is 0.123 e. The van der Waals surface area contributed by atoms with E-state index in [1.807, 2.05) is 6.07 Å². The van der Waals surface area contributed by atoms with Crippen LogP contribution in [-0.2, 0) is 13.2 Å². The number of benzene rings is 2. The van der Waals surface area contributed by atoms with Crippen LogP contribution in [0.25, 0.3) is 0 Å². The minimum absolute atomic E-state index is 0.214. The second-order valence-electron chi connectivity index (χ2n) is 10.8. The molecule has 0 saturated heterocycles. The number of hydrogen-bond donors (Lipinski definition) is 1. The third-order valence-electron chi connectivity index (χ3n) is 7.51. The van der Waals surface area contributed by atoms with Crippen molar-refractivity contribution in [2.75, 3.05) is 0 Å². The lowest BCUT2D eigenvalue weighted by Crippen LogP contribution is -2.63. The van der Waals surface area contributed by atoms with E-state index < -0.39 is 0 Å². The summed E-state index contributed by atoms with van der Waals surface area (Å²) in [5.74, 6) is 1.56. The Kier molecular flexibility index (Phi) is 4.51. The first-order chi connectivity index (χ1) is 13.8. The first kappa shape index (κ1) is 19.1. The van der Waals surface area contributed by atoms with Crippen LogP contribution in [0, 0.1) is 22.6 Å². The van der Waals surface area contributed by atoms with Gasteiger partial charge < -0.3 is 10.1 Å². The van der Waals surface area contributed by atoms with Crippen LogP contribution in [0.5, 0.6) is 5.75 Å². The Morgan fingerprint density at radius 2 is 1.66 bits per heavy atom. The van der Waals surface area contributed by atoms with Crippen molar-refractivity contribution in [3.63, 3.8) is 0 Å². The summed E-state index contributed by atoms with van der Waals surface area (Å²) in [5, 5.41) is 4.00. The molecule has 1 N–H and O–H groups in total. The minimum atomic E-state index is -0.214. The molecule has 0 aliphatic heterocycles. The quantitative estimate of drug-likeness (QED) is 0.627. The van der Waals surface area contributed by atoms with Gasteiger partial charge in [0.05, 0.1) is 0 Å². The molecule has 2 unspecified atom stereocenters. The normalized spacial score (nSPS) is 35.1. The lowest BCUT2D eigenvalue weighted by Gasteiger charge is -2.65. The maximum atomic E-state index is 13.1. The minimum Gasteiger partial charge on any atom is -0.489 e. The zero-order chi connectivity index (χ0) is 20.1. The van der Waals surface area contributed by atoms with Crippen molar-refractivity contribution in [2.24, 2.45) is 16.7 Å². The molecule has 29 heavy (non-hydrogen) atoms. The van der Waals surface area contributed by atoms with E-state index in [4.69, 9.17) is 4.74 Å². The summed E-state index contributed by atoms with van der Waals surface area (Å²) in [7, 11) is 0. The first-order valence-corrected chi connectivity index (χ1v) is 11.0. The summed E-state index contributed by atoms with van der Waals surface area (Å²) in [6.45, 7) is 6.40. The summed E-state index contributed by atoms with van der Waals surface area (Å²) in [5.41, 5.74) is 3.62. The van der Waals surface area contributed by atoms with Crippen LogP contribution in [0.2, 0.25) is 0 Å². The fraction of sp³-hybridized carbons (Fsp3) is 0.538. The third-order valence-corrected chi connectivity index (χ3v) is 7.51. The van der Waals surface area contributed by atoms with Crippen LogP contribution in [0.3, 0.4) is 0 Å². The smallest absolute Gasteiger partial charge is 0.123 e. The van der Waals surface area contributed by atoms with Gasteiger partial charge in [0.1, 0.15) is 18.2 Å².